The number of rotatable bonds is 4. The molecule has 2 aromatic rings. The van der Waals surface area contributed by atoms with E-state index in [0.29, 0.717) is 5.56 Å². The van der Waals surface area contributed by atoms with Gasteiger partial charge in [0, 0.05) is 24.9 Å². The van der Waals surface area contributed by atoms with Crippen molar-refractivity contribution in [3.05, 3.63) is 59.9 Å². The second kappa shape index (κ2) is 5.66. The molecule has 18 heavy (non-hydrogen) atoms. The number of nitrogens with two attached hydrogens (primary N) is 1. The second-order valence-electron chi connectivity index (χ2n) is 3.92. The lowest BCUT2D eigenvalue weighted by atomic mass is 9.92. The molecule has 5 heteroatoms. The third-order valence-corrected chi connectivity index (χ3v) is 2.79. The van der Waals surface area contributed by atoms with Crippen molar-refractivity contribution in [2.24, 2.45) is 5.73 Å². The summed E-state index contributed by atoms with van der Waals surface area (Å²) in [6, 6.07) is 7.91. The van der Waals surface area contributed by atoms with Crippen molar-refractivity contribution in [2.75, 3.05) is 6.54 Å². The number of nitrogens with zero attached hydrogens (tertiary/aromatic N) is 2. The van der Waals surface area contributed by atoms with Gasteiger partial charge in [-0.3, -0.25) is 0 Å². The van der Waals surface area contributed by atoms with Crippen LogP contribution in [0.15, 0.2) is 42.7 Å². The molecule has 94 valence electrons. The van der Waals surface area contributed by atoms with Crippen molar-refractivity contribution in [3.63, 3.8) is 0 Å². The zero-order valence-corrected chi connectivity index (χ0v) is 9.70. The summed E-state index contributed by atoms with van der Waals surface area (Å²) in [7, 11) is 0. The molecule has 2 unspecified atom stereocenters. The summed E-state index contributed by atoms with van der Waals surface area (Å²) in [4.78, 5) is 7.93. The van der Waals surface area contributed by atoms with Crippen molar-refractivity contribution in [1.29, 1.82) is 0 Å². The number of aromatic nitrogens is 2. The molecule has 2 rings (SSSR count). The molecule has 1 aromatic carbocycles. The summed E-state index contributed by atoms with van der Waals surface area (Å²) < 4.78 is 13.7. The molecule has 2 atom stereocenters. The van der Waals surface area contributed by atoms with Crippen molar-refractivity contribution >= 4 is 0 Å². The van der Waals surface area contributed by atoms with Crippen LogP contribution in [0, 0.1) is 5.82 Å². The van der Waals surface area contributed by atoms with Gasteiger partial charge in [0.25, 0.3) is 0 Å². The molecule has 0 fully saturated rings. The smallest absolute Gasteiger partial charge is 0.157 e. The lowest BCUT2D eigenvalue weighted by molar-refractivity contribution is 0.136. The summed E-state index contributed by atoms with van der Waals surface area (Å²) in [5.41, 5.74) is 6.00. The second-order valence-corrected chi connectivity index (χ2v) is 3.92. The Morgan fingerprint density at radius 1 is 1.17 bits per heavy atom. The van der Waals surface area contributed by atoms with Gasteiger partial charge in [-0.2, -0.15) is 0 Å². The molecule has 0 aliphatic carbocycles. The van der Waals surface area contributed by atoms with E-state index in [1.54, 1.807) is 24.3 Å². The first-order chi connectivity index (χ1) is 8.74. The maximum absolute atomic E-state index is 13.7. The van der Waals surface area contributed by atoms with Crippen LogP contribution in [0.5, 0.6) is 0 Å². The Morgan fingerprint density at radius 2 is 1.83 bits per heavy atom. The first kappa shape index (κ1) is 12.6. The normalized spacial score (nSPS) is 14.2. The van der Waals surface area contributed by atoms with Crippen LogP contribution in [-0.4, -0.2) is 21.6 Å². The minimum atomic E-state index is -1.02. The van der Waals surface area contributed by atoms with Crippen LogP contribution < -0.4 is 5.73 Å². The van der Waals surface area contributed by atoms with Gasteiger partial charge in [0.2, 0.25) is 0 Å². The van der Waals surface area contributed by atoms with Gasteiger partial charge in [0.15, 0.2) is 5.82 Å². The molecule has 0 radical (unpaired) electrons. The number of aliphatic hydroxyl groups is 1. The minimum Gasteiger partial charge on any atom is -0.384 e. The molecule has 0 amide bonds. The first-order valence-corrected chi connectivity index (χ1v) is 5.63. The molecule has 0 spiro atoms. The Balaban J connectivity index is 2.32. The van der Waals surface area contributed by atoms with Gasteiger partial charge in [-0.1, -0.05) is 18.2 Å². The lowest BCUT2D eigenvalue weighted by Gasteiger charge is -2.21. The summed E-state index contributed by atoms with van der Waals surface area (Å²) in [5.74, 6) is -0.701. The SMILES string of the molecule is NCC(c1ccccc1F)C(O)c1ncccn1. The van der Waals surface area contributed by atoms with Gasteiger partial charge in [-0.05, 0) is 17.7 Å². The first-order valence-electron chi connectivity index (χ1n) is 5.63. The van der Waals surface area contributed by atoms with Crippen molar-refractivity contribution in [3.8, 4) is 0 Å². The summed E-state index contributed by atoms with van der Waals surface area (Å²) in [6.45, 7) is 0.111. The number of benzene rings is 1. The Kier molecular flexibility index (Phi) is 3.96. The Morgan fingerprint density at radius 3 is 2.44 bits per heavy atom. The summed E-state index contributed by atoms with van der Waals surface area (Å²) in [5, 5.41) is 10.2. The van der Waals surface area contributed by atoms with Crippen molar-refractivity contribution < 1.29 is 9.50 Å². The van der Waals surface area contributed by atoms with E-state index in [4.69, 9.17) is 5.73 Å². The third kappa shape index (κ3) is 2.52. The molecule has 0 aliphatic heterocycles. The largest absolute Gasteiger partial charge is 0.384 e. The van der Waals surface area contributed by atoms with E-state index in [2.05, 4.69) is 9.97 Å². The highest BCUT2D eigenvalue weighted by molar-refractivity contribution is 5.24. The van der Waals surface area contributed by atoms with Gasteiger partial charge >= 0.3 is 0 Å². The highest BCUT2D eigenvalue weighted by Crippen LogP contribution is 2.29. The fourth-order valence-corrected chi connectivity index (χ4v) is 1.85. The fraction of sp³-hybridized carbons (Fsp3) is 0.231. The van der Waals surface area contributed by atoms with E-state index in [0.717, 1.165) is 0 Å². The molecule has 1 heterocycles. The zero-order chi connectivity index (χ0) is 13.0. The Labute approximate surface area is 104 Å². The van der Waals surface area contributed by atoms with E-state index in [1.165, 1.54) is 18.5 Å². The fourth-order valence-electron chi connectivity index (χ4n) is 1.85. The predicted octanol–water partition coefficient (Wildman–Crippen LogP) is 1.39. The average molecular weight is 247 g/mol. The molecular weight excluding hydrogens is 233 g/mol. The highest BCUT2D eigenvalue weighted by Gasteiger charge is 2.25. The minimum absolute atomic E-state index is 0.111. The molecular formula is C13H14FN3O. The van der Waals surface area contributed by atoms with Crippen LogP contribution >= 0.6 is 0 Å². The predicted molar refractivity (Wildman–Crippen MR) is 65.2 cm³/mol. The summed E-state index contributed by atoms with van der Waals surface area (Å²) >= 11 is 0. The topological polar surface area (TPSA) is 72.0 Å². The average Bonchev–Trinajstić information content (AvgIpc) is 2.42. The molecule has 0 saturated heterocycles. The maximum Gasteiger partial charge on any atom is 0.157 e. The van der Waals surface area contributed by atoms with E-state index < -0.39 is 12.0 Å². The maximum atomic E-state index is 13.7. The van der Waals surface area contributed by atoms with Gasteiger partial charge in [-0.15, -0.1) is 0 Å². The zero-order valence-electron chi connectivity index (χ0n) is 9.70. The summed E-state index contributed by atoms with van der Waals surface area (Å²) in [6.07, 6.45) is 2.04. The Bertz CT molecular complexity index is 507. The highest BCUT2D eigenvalue weighted by atomic mass is 19.1. The van der Waals surface area contributed by atoms with Crippen molar-refractivity contribution in [2.45, 2.75) is 12.0 Å². The number of hydrogen-bond donors (Lipinski definition) is 2. The van der Waals surface area contributed by atoms with Gasteiger partial charge in [0.1, 0.15) is 11.9 Å². The molecule has 0 bridgehead atoms. The molecule has 3 N–H and O–H groups in total. The molecule has 0 saturated carbocycles. The van der Waals surface area contributed by atoms with Gasteiger partial charge in [0.05, 0.1) is 0 Å². The van der Waals surface area contributed by atoms with Crippen LogP contribution in [0.2, 0.25) is 0 Å². The Hall–Kier alpha value is -1.85. The number of halogens is 1. The standard InChI is InChI=1S/C13H14FN3O/c14-11-5-2-1-4-9(11)10(8-15)12(18)13-16-6-3-7-17-13/h1-7,10,12,18H,8,15H2. The van der Waals surface area contributed by atoms with Crippen molar-refractivity contribution in [1.82, 2.24) is 9.97 Å². The van der Waals surface area contributed by atoms with Crippen LogP contribution in [0.25, 0.3) is 0 Å². The number of aliphatic hydroxyl groups excluding tert-OH is 1. The van der Waals surface area contributed by atoms with E-state index >= 15 is 0 Å². The molecule has 1 aromatic heterocycles. The van der Waals surface area contributed by atoms with E-state index in [9.17, 15) is 9.50 Å². The third-order valence-electron chi connectivity index (χ3n) is 2.79. The van der Waals surface area contributed by atoms with Gasteiger partial charge in [-0.25, -0.2) is 14.4 Å². The van der Waals surface area contributed by atoms with Crippen LogP contribution in [0.3, 0.4) is 0 Å². The van der Waals surface area contributed by atoms with Crippen LogP contribution in [-0.2, 0) is 0 Å². The van der Waals surface area contributed by atoms with Gasteiger partial charge < -0.3 is 10.8 Å². The monoisotopic (exact) mass is 247 g/mol. The quantitative estimate of drug-likeness (QED) is 0.856. The molecule has 0 aliphatic rings. The molecule has 4 nitrogen and oxygen atoms in total. The number of hydrogen-bond acceptors (Lipinski definition) is 4. The van der Waals surface area contributed by atoms with E-state index in [1.807, 2.05) is 0 Å². The lowest BCUT2D eigenvalue weighted by Crippen LogP contribution is -2.22. The van der Waals surface area contributed by atoms with E-state index in [-0.39, 0.29) is 18.2 Å². The van der Waals surface area contributed by atoms with Crippen LogP contribution in [0.4, 0.5) is 4.39 Å². The van der Waals surface area contributed by atoms with Crippen LogP contribution in [0.1, 0.15) is 23.4 Å².